The van der Waals surface area contributed by atoms with E-state index in [1.807, 2.05) is 24.3 Å². The van der Waals surface area contributed by atoms with Crippen LogP contribution in [0, 0.1) is 5.92 Å². The molecular weight excluding hydrogens is 390 g/mol. The van der Waals surface area contributed by atoms with Gasteiger partial charge in [0, 0.05) is 49.8 Å². The Morgan fingerprint density at radius 3 is 2.29 bits per heavy atom. The van der Waals surface area contributed by atoms with E-state index < -0.39 is 0 Å². The van der Waals surface area contributed by atoms with Crippen LogP contribution in [-0.2, 0) is 11.3 Å². The highest BCUT2D eigenvalue weighted by Crippen LogP contribution is 2.25. The second-order valence-electron chi connectivity index (χ2n) is 8.47. The number of piperidine rings is 1. The third-order valence-corrected chi connectivity index (χ3v) is 6.03. The van der Waals surface area contributed by atoms with E-state index in [1.54, 1.807) is 0 Å². The molecule has 7 heteroatoms. The summed E-state index contributed by atoms with van der Waals surface area (Å²) in [5.41, 5.74) is 4.35. The minimum atomic E-state index is -0.208. The molecule has 0 aliphatic carbocycles. The molecule has 0 bridgehead atoms. The third kappa shape index (κ3) is 5.69. The van der Waals surface area contributed by atoms with Crippen molar-refractivity contribution in [2.45, 2.75) is 26.3 Å². The predicted octanol–water partition coefficient (Wildman–Crippen LogP) is 3.31. The number of urea groups is 1. The Kier molecular flexibility index (Phi) is 6.60. The van der Waals surface area contributed by atoms with Crippen LogP contribution < -0.4 is 20.9 Å². The summed E-state index contributed by atoms with van der Waals surface area (Å²) < 4.78 is 0. The van der Waals surface area contributed by atoms with Gasteiger partial charge in [-0.3, -0.25) is 4.79 Å². The molecule has 0 spiro atoms. The number of carbonyl (C=O) groups excluding carboxylic acids is 2. The van der Waals surface area contributed by atoms with Gasteiger partial charge in [0.2, 0.25) is 5.91 Å². The minimum Gasteiger partial charge on any atom is -0.372 e. The first-order valence-electron chi connectivity index (χ1n) is 11.1. The van der Waals surface area contributed by atoms with Gasteiger partial charge in [-0.2, -0.15) is 0 Å². The molecule has 3 N–H and O–H groups in total. The second-order valence-corrected chi connectivity index (χ2v) is 8.47. The molecule has 31 heavy (non-hydrogen) atoms. The maximum atomic E-state index is 12.2. The zero-order valence-corrected chi connectivity index (χ0v) is 18.1. The zero-order valence-electron chi connectivity index (χ0n) is 18.1. The summed E-state index contributed by atoms with van der Waals surface area (Å²) in [6.07, 6.45) is 2.53. The highest BCUT2D eigenvalue weighted by Gasteiger charge is 2.20. The maximum absolute atomic E-state index is 12.2. The lowest BCUT2D eigenvalue weighted by Gasteiger charge is -2.32. The summed E-state index contributed by atoms with van der Waals surface area (Å²) in [7, 11) is 0. The standard InChI is InChI=1S/C24H31N5O2/c1-18-10-13-28(14-11-18)22-8-6-21(7-9-22)27-20-4-2-19(3-5-20)16-26-24(31)29-15-12-25-23(30)17-29/h2-9,18,27H,10-17H2,1H3,(H,25,30)(H,26,31). The predicted molar refractivity (Wildman–Crippen MR) is 124 cm³/mol. The number of carbonyl (C=O) groups is 2. The molecule has 2 aromatic rings. The van der Waals surface area contributed by atoms with Crippen molar-refractivity contribution in [3.05, 3.63) is 54.1 Å². The summed E-state index contributed by atoms with van der Waals surface area (Å²) in [5, 5.41) is 9.03. The summed E-state index contributed by atoms with van der Waals surface area (Å²) in [6, 6.07) is 16.4. The monoisotopic (exact) mass is 421 g/mol. The van der Waals surface area contributed by atoms with Crippen LogP contribution in [0.25, 0.3) is 0 Å². The summed E-state index contributed by atoms with van der Waals surface area (Å²) in [4.78, 5) is 27.6. The first kappa shape index (κ1) is 21.0. The molecule has 0 aromatic heterocycles. The lowest BCUT2D eigenvalue weighted by atomic mass is 9.99. The molecule has 0 saturated carbocycles. The average Bonchev–Trinajstić information content (AvgIpc) is 2.79. The molecule has 2 aliphatic rings. The SMILES string of the molecule is CC1CCN(c2ccc(Nc3ccc(CNC(=O)N4CCNC(=O)C4)cc3)cc2)CC1. The van der Waals surface area contributed by atoms with Crippen molar-refractivity contribution in [2.75, 3.05) is 42.9 Å². The Morgan fingerprint density at radius 1 is 1.00 bits per heavy atom. The van der Waals surface area contributed by atoms with Gasteiger partial charge in [0.25, 0.3) is 0 Å². The number of nitrogens with zero attached hydrogens (tertiary/aromatic N) is 2. The van der Waals surface area contributed by atoms with Gasteiger partial charge < -0.3 is 25.8 Å². The highest BCUT2D eigenvalue weighted by molar-refractivity contribution is 5.85. The number of hydrogen-bond acceptors (Lipinski definition) is 4. The molecule has 164 valence electrons. The van der Waals surface area contributed by atoms with E-state index in [9.17, 15) is 9.59 Å². The van der Waals surface area contributed by atoms with Crippen molar-refractivity contribution in [1.29, 1.82) is 0 Å². The molecular formula is C24H31N5O2. The van der Waals surface area contributed by atoms with E-state index in [2.05, 4.69) is 52.0 Å². The first-order valence-corrected chi connectivity index (χ1v) is 11.1. The van der Waals surface area contributed by atoms with Crippen molar-refractivity contribution >= 4 is 29.0 Å². The maximum Gasteiger partial charge on any atom is 0.318 e. The highest BCUT2D eigenvalue weighted by atomic mass is 16.2. The first-order chi connectivity index (χ1) is 15.1. The van der Waals surface area contributed by atoms with Gasteiger partial charge in [0.05, 0.1) is 0 Å². The van der Waals surface area contributed by atoms with Gasteiger partial charge in [-0.15, -0.1) is 0 Å². The van der Waals surface area contributed by atoms with E-state index in [0.717, 1.165) is 35.9 Å². The normalized spacial score (nSPS) is 17.3. The lowest BCUT2D eigenvalue weighted by molar-refractivity contribution is -0.123. The van der Waals surface area contributed by atoms with Crippen LogP contribution in [0.3, 0.4) is 0 Å². The largest absolute Gasteiger partial charge is 0.372 e. The number of amides is 3. The van der Waals surface area contributed by atoms with Crippen LogP contribution in [0.4, 0.5) is 21.9 Å². The quantitative estimate of drug-likeness (QED) is 0.692. The topological polar surface area (TPSA) is 76.7 Å². The van der Waals surface area contributed by atoms with Gasteiger partial charge in [0.15, 0.2) is 0 Å². The van der Waals surface area contributed by atoms with E-state index >= 15 is 0 Å². The molecule has 2 heterocycles. The number of benzene rings is 2. The smallest absolute Gasteiger partial charge is 0.318 e. The Labute approximate surface area is 183 Å². The fourth-order valence-electron chi connectivity index (χ4n) is 4.00. The molecule has 0 atom stereocenters. The zero-order chi connectivity index (χ0) is 21.6. The molecule has 4 rings (SSSR count). The molecule has 0 radical (unpaired) electrons. The number of hydrogen-bond donors (Lipinski definition) is 3. The molecule has 0 unspecified atom stereocenters. The van der Waals surface area contributed by atoms with Crippen LogP contribution in [0.5, 0.6) is 0 Å². The molecule has 2 aromatic carbocycles. The lowest BCUT2D eigenvalue weighted by Crippen LogP contribution is -2.52. The van der Waals surface area contributed by atoms with Crippen molar-refractivity contribution < 1.29 is 9.59 Å². The van der Waals surface area contributed by atoms with E-state index in [0.29, 0.717) is 19.6 Å². The van der Waals surface area contributed by atoms with Crippen LogP contribution >= 0.6 is 0 Å². The average molecular weight is 422 g/mol. The Morgan fingerprint density at radius 2 is 1.65 bits per heavy atom. The van der Waals surface area contributed by atoms with Crippen LogP contribution in [0.15, 0.2) is 48.5 Å². The van der Waals surface area contributed by atoms with Crippen LogP contribution in [0.2, 0.25) is 0 Å². The van der Waals surface area contributed by atoms with Gasteiger partial charge >= 0.3 is 6.03 Å². The van der Waals surface area contributed by atoms with E-state index in [1.165, 1.54) is 23.4 Å². The van der Waals surface area contributed by atoms with Crippen LogP contribution in [-0.4, -0.2) is 49.6 Å². The van der Waals surface area contributed by atoms with Crippen molar-refractivity contribution in [3.8, 4) is 0 Å². The van der Waals surface area contributed by atoms with Gasteiger partial charge in [-0.25, -0.2) is 4.79 Å². The minimum absolute atomic E-state index is 0.115. The molecule has 7 nitrogen and oxygen atoms in total. The number of rotatable bonds is 5. The molecule has 2 fully saturated rings. The van der Waals surface area contributed by atoms with Crippen molar-refractivity contribution in [3.63, 3.8) is 0 Å². The van der Waals surface area contributed by atoms with E-state index in [4.69, 9.17) is 0 Å². The number of nitrogens with one attached hydrogen (secondary N) is 3. The second kappa shape index (κ2) is 9.73. The molecule has 2 saturated heterocycles. The Balaban J connectivity index is 1.26. The molecule has 2 aliphatic heterocycles. The van der Waals surface area contributed by atoms with Crippen molar-refractivity contribution in [2.24, 2.45) is 5.92 Å². The molecule has 3 amide bonds. The fourth-order valence-corrected chi connectivity index (χ4v) is 4.00. The van der Waals surface area contributed by atoms with Gasteiger partial charge in [-0.1, -0.05) is 19.1 Å². The Bertz CT molecular complexity index is 889. The fraction of sp³-hybridized carbons (Fsp3) is 0.417. The number of piperazine rings is 1. The summed E-state index contributed by atoms with van der Waals surface area (Å²) >= 11 is 0. The summed E-state index contributed by atoms with van der Waals surface area (Å²) in [5.74, 6) is 0.718. The van der Waals surface area contributed by atoms with Crippen molar-refractivity contribution in [1.82, 2.24) is 15.5 Å². The van der Waals surface area contributed by atoms with Gasteiger partial charge in [0.1, 0.15) is 6.54 Å². The van der Waals surface area contributed by atoms with Gasteiger partial charge in [-0.05, 0) is 60.7 Å². The van der Waals surface area contributed by atoms with E-state index in [-0.39, 0.29) is 18.5 Å². The number of anilines is 3. The summed E-state index contributed by atoms with van der Waals surface area (Å²) in [6.45, 7) is 6.19. The van der Waals surface area contributed by atoms with Crippen LogP contribution in [0.1, 0.15) is 25.3 Å². The Hall–Kier alpha value is -3.22. The third-order valence-electron chi connectivity index (χ3n) is 6.03.